The topological polar surface area (TPSA) is 20.3 Å². The summed E-state index contributed by atoms with van der Waals surface area (Å²) in [4.78, 5) is 13.9. The van der Waals surface area contributed by atoms with E-state index in [1.165, 1.54) is 16.8 Å². The van der Waals surface area contributed by atoms with Gasteiger partial charge in [-0.15, -0.1) is 0 Å². The second-order valence-corrected chi connectivity index (χ2v) is 4.70. The molecule has 1 aliphatic rings. The molecule has 0 saturated carbocycles. The van der Waals surface area contributed by atoms with Crippen molar-refractivity contribution in [2.45, 2.75) is 39.5 Å². The van der Waals surface area contributed by atoms with Crippen LogP contribution in [0.15, 0.2) is 18.2 Å². The second kappa shape index (κ2) is 5.35. The third kappa shape index (κ3) is 2.51. The van der Waals surface area contributed by atoms with E-state index < -0.39 is 0 Å². The van der Waals surface area contributed by atoms with Gasteiger partial charge in [0.25, 0.3) is 0 Å². The van der Waals surface area contributed by atoms with Gasteiger partial charge in [-0.05, 0) is 30.4 Å². The van der Waals surface area contributed by atoms with E-state index in [2.05, 4.69) is 36.9 Å². The van der Waals surface area contributed by atoms with Gasteiger partial charge in [-0.25, -0.2) is 0 Å². The standard InChI is InChI=1S/C15H21NO/c1-3-12-7-5-8-13(4-2)15(12)16-10-6-9-14(17)11-16/h5,7-8H,3-4,6,9-11H2,1-2H3. The van der Waals surface area contributed by atoms with Crippen LogP contribution in [0.25, 0.3) is 0 Å². The van der Waals surface area contributed by atoms with Gasteiger partial charge in [-0.1, -0.05) is 32.0 Å². The third-order valence-corrected chi connectivity index (χ3v) is 3.53. The average Bonchev–Trinajstić information content (AvgIpc) is 2.37. The summed E-state index contributed by atoms with van der Waals surface area (Å²) in [6.07, 6.45) is 3.83. The first-order valence-corrected chi connectivity index (χ1v) is 6.63. The summed E-state index contributed by atoms with van der Waals surface area (Å²) >= 11 is 0. The van der Waals surface area contributed by atoms with Crippen molar-refractivity contribution in [3.63, 3.8) is 0 Å². The van der Waals surface area contributed by atoms with Gasteiger partial charge in [-0.2, -0.15) is 0 Å². The maximum atomic E-state index is 11.6. The molecule has 0 aromatic heterocycles. The summed E-state index contributed by atoms with van der Waals surface area (Å²) in [6, 6.07) is 6.51. The van der Waals surface area contributed by atoms with Crippen molar-refractivity contribution in [2.24, 2.45) is 0 Å². The van der Waals surface area contributed by atoms with Crippen LogP contribution >= 0.6 is 0 Å². The number of aryl methyl sites for hydroxylation is 2. The number of carbonyl (C=O) groups excluding carboxylic acids is 1. The molecule has 92 valence electrons. The predicted molar refractivity (Wildman–Crippen MR) is 71.7 cm³/mol. The van der Waals surface area contributed by atoms with Crippen LogP contribution in [0, 0.1) is 0 Å². The van der Waals surface area contributed by atoms with E-state index >= 15 is 0 Å². The smallest absolute Gasteiger partial charge is 0.152 e. The van der Waals surface area contributed by atoms with E-state index in [0.717, 1.165) is 32.2 Å². The number of hydrogen-bond acceptors (Lipinski definition) is 2. The zero-order valence-electron chi connectivity index (χ0n) is 10.8. The first-order chi connectivity index (χ1) is 8.26. The van der Waals surface area contributed by atoms with Gasteiger partial charge in [-0.3, -0.25) is 4.79 Å². The zero-order chi connectivity index (χ0) is 12.3. The molecular weight excluding hydrogens is 210 g/mol. The number of ketones is 1. The fraction of sp³-hybridized carbons (Fsp3) is 0.533. The molecule has 1 aromatic carbocycles. The largest absolute Gasteiger partial charge is 0.364 e. The molecule has 0 aliphatic carbocycles. The zero-order valence-corrected chi connectivity index (χ0v) is 10.8. The minimum Gasteiger partial charge on any atom is -0.364 e. The summed E-state index contributed by atoms with van der Waals surface area (Å²) in [6.45, 7) is 5.99. The molecule has 2 nitrogen and oxygen atoms in total. The summed E-state index contributed by atoms with van der Waals surface area (Å²) in [5.41, 5.74) is 4.07. The molecule has 2 rings (SSSR count). The van der Waals surface area contributed by atoms with Crippen LogP contribution in [0.4, 0.5) is 5.69 Å². The van der Waals surface area contributed by atoms with Crippen LogP contribution in [0.3, 0.4) is 0 Å². The highest BCUT2D eigenvalue weighted by molar-refractivity contribution is 5.85. The molecular formula is C15H21NO. The number of benzene rings is 1. The highest BCUT2D eigenvalue weighted by atomic mass is 16.1. The summed E-state index contributed by atoms with van der Waals surface area (Å²) in [7, 11) is 0. The van der Waals surface area contributed by atoms with Crippen molar-refractivity contribution >= 4 is 11.5 Å². The predicted octanol–water partition coefficient (Wildman–Crippen LogP) is 2.98. The van der Waals surface area contributed by atoms with Gasteiger partial charge in [0.05, 0.1) is 6.54 Å². The number of hydrogen-bond donors (Lipinski definition) is 0. The summed E-state index contributed by atoms with van der Waals surface area (Å²) in [5.74, 6) is 0.379. The van der Waals surface area contributed by atoms with Crippen LogP contribution in [0.2, 0.25) is 0 Å². The van der Waals surface area contributed by atoms with E-state index in [1.807, 2.05) is 0 Å². The monoisotopic (exact) mass is 231 g/mol. The molecule has 0 N–H and O–H groups in total. The van der Waals surface area contributed by atoms with E-state index in [9.17, 15) is 4.79 Å². The van der Waals surface area contributed by atoms with Crippen LogP contribution < -0.4 is 4.90 Å². The Morgan fingerprint density at radius 1 is 1.18 bits per heavy atom. The van der Waals surface area contributed by atoms with Gasteiger partial charge in [0.15, 0.2) is 5.78 Å². The minimum atomic E-state index is 0.379. The molecule has 2 heteroatoms. The Bertz CT molecular complexity index is 389. The maximum Gasteiger partial charge on any atom is 0.152 e. The molecule has 1 fully saturated rings. The van der Waals surface area contributed by atoms with Crippen molar-refractivity contribution < 1.29 is 4.79 Å². The Morgan fingerprint density at radius 3 is 2.35 bits per heavy atom. The Labute approximate surface area is 104 Å². The molecule has 0 radical (unpaired) electrons. The van der Waals surface area contributed by atoms with E-state index in [4.69, 9.17) is 0 Å². The number of piperidine rings is 1. The first kappa shape index (κ1) is 12.2. The van der Waals surface area contributed by atoms with Crippen LogP contribution in [0.1, 0.15) is 37.8 Å². The minimum absolute atomic E-state index is 0.379. The molecule has 0 bridgehead atoms. The van der Waals surface area contributed by atoms with Crippen LogP contribution in [0.5, 0.6) is 0 Å². The quantitative estimate of drug-likeness (QED) is 0.797. The Kier molecular flexibility index (Phi) is 3.82. The normalized spacial score (nSPS) is 16.4. The van der Waals surface area contributed by atoms with Crippen molar-refractivity contribution in [3.05, 3.63) is 29.3 Å². The number of carbonyl (C=O) groups is 1. The Morgan fingerprint density at radius 2 is 1.82 bits per heavy atom. The lowest BCUT2D eigenvalue weighted by Gasteiger charge is -2.31. The molecule has 1 aromatic rings. The number of Topliss-reactive ketones (excluding diaryl/α,β-unsaturated/α-hetero) is 1. The van der Waals surface area contributed by atoms with Crippen molar-refractivity contribution in [1.82, 2.24) is 0 Å². The maximum absolute atomic E-state index is 11.6. The molecule has 1 saturated heterocycles. The lowest BCUT2D eigenvalue weighted by Crippen LogP contribution is -2.36. The Hall–Kier alpha value is -1.31. The van der Waals surface area contributed by atoms with Crippen LogP contribution in [-0.4, -0.2) is 18.9 Å². The fourth-order valence-electron chi connectivity index (χ4n) is 2.65. The highest BCUT2D eigenvalue weighted by Gasteiger charge is 2.20. The number of rotatable bonds is 3. The van der Waals surface area contributed by atoms with Gasteiger partial charge in [0.2, 0.25) is 0 Å². The molecule has 0 amide bonds. The number of para-hydroxylation sites is 1. The van der Waals surface area contributed by atoms with Crippen LogP contribution in [-0.2, 0) is 17.6 Å². The van der Waals surface area contributed by atoms with Gasteiger partial charge >= 0.3 is 0 Å². The van der Waals surface area contributed by atoms with Gasteiger partial charge in [0, 0.05) is 18.7 Å². The van der Waals surface area contributed by atoms with E-state index in [0.29, 0.717) is 12.3 Å². The average molecular weight is 231 g/mol. The highest BCUT2D eigenvalue weighted by Crippen LogP contribution is 2.28. The summed E-state index contributed by atoms with van der Waals surface area (Å²) in [5, 5.41) is 0. The molecule has 17 heavy (non-hydrogen) atoms. The molecule has 0 atom stereocenters. The molecule has 1 aliphatic heterocycles. The molecule has 1 heterocycles. The van der Waals surface area contributed by atoms with Gasteiger partial charge in [0.1, 0.15) is 0 Å². The molecule has 0 spiro atoms. The SMILES string of the molecule is CCc1cccc(CC)c1N1CCCC(=O)C1. The molecule has 0 unspecified atom stereocenters. The van der Waals surface area contributed by atoms with E-state index in [-0.39, 0.29) is 0 Å². The fourth-order valence-corrected chi connectivity index (χ4v) is 2.65. The number of anilines is 1. The lowest BCUT2D eigenvalue weighted by atomic mass is 9.99. The Balaban J connectivity index is 2.37. The van der Waals surface area contributed by atoms with Crippen molar-refractivity contribution in [3.8, 4) is 0 Å². The summed E-state index contributed by atoms with van der Waals surface area (Å²) < 4.78 is 0. The number of nitrogens with zero attached hydrogens (tertiary/aromatic N) is 1. The lowest BCUT2D eigenvalue weighted by molar-refractivity contribution is -0.118. The van der Waals surface area contributed by atoms with Gasteiger partial charge < -0.3 is 4.90 Å². The first-order valence-electron chi connectivity index (χ1n) is 6.63. The third-order valence-electron chi connectivity index (χ3n) is 3.53. The van der Waals surface area contributed by atoms with Crippen molar-refractivity contribution in [2.75, 3.05) is 18.0 Å². The van der Waals surface area contributed by atoms with E-state index in [1.54, 1.807) is 0 Å². The second-order valence-electron chi connectivity index (χ2n) is 4.70. The van der Waals surface area contributed by atoms with Crippen molar-refractivity contribution in [1.29, 1.82) is 0 Å².